The minimum Gasteiger partial charge on any atom is -0.311 e. The summed E-state index contributed by atoms with van der Waals surface area (Å²) in [5.41, 5.74) is 4.36. The molecule has 1 aliphatic rings. The highest BCUT2D eigenvalue weighted by Crippen LogP contribution is 2.17. The molecular weight excluding hydrogens is 264 g/mol. The first-order chi connectivity index (χ1) is 9.81. The van der Waals surface area contributed by atoms with Gasteiger partial charge in [0, 0.05) is 32.2 Å². The SMILES string of the molecule is Cc1cscc1CN1CCNC(Cc2ccccc2)C1. The van der Waals surface area contributed by atoms with Gasteiger partial charge >= 0.3 is 0 Å². The third-order valence-electron chi connectivity index (χ3n) is 4.02. The third kappa shape index (κ3) is 3.48. The number of nitrogens with one attached hydrogen (secondary N) is 1. The molecule has 3 rings (SSSR count). The molecule has 0 radical (unpaired) electrons. The molecule has 20 heavy (non-hydrogen) atoms. The summed E-state index contributed by atoms with van der Waals surface area (Å²) in [4.78, 5) is 2.58. The van der Waals surface area contributed by atoms with Crippen LogP contribution in [0.3, 0.4) is 0 Å². The monoisotopic (exact) mass is 286 g/mol. The topological polar surface area (TPSA) is 15.3 Å². The average Bonchev–Trinajstić information content (AvgIpc) is 2.86. The molecule has 2 aromatic rings. The molecule has 0 saturated carbocycles. The van der Waals surface area contributed by atoms with Gasteiger partial charge in [0.05, 0.1) is 0 Å². The van der Waals surface area contributed by atoms with Crippen LogP contribution in [0.15, 0.2) is 41.1 Å². The van der Waals surface area contributed by atoms with Crippen molar-refractivity contribution in [2.45, 2.75) is 25.9 Å². The molecule has 1 unspecified atom stereocenters. The fourth-order valence-electron chi connectivity index (χ4n) is 2.86. The zero-order valence-electron chi connectivity index (χ0n) is 12.0. The predicted molar refractivity (Wildman–Crippen MR) is 86.3 cm³/mol. The maximum atomic E-state index is 3.65. The molecule has 0 aliphatic carbocycles. The van der Waals surface area contributed by atoms with Crippen molar-refractivity contribution in [3.63, 3.8) is 0 Å². The predicted octanol–water partition coefficient (Wildman–Crippen LogP) is 3.07. The molecule has 1 saturated heterocycles. The largest absolute Gasteiger partial charge is 0.311 e. The van der Waals surface area contributed by atoms with Crippen LogP contribution < -0.4 is 5.32 Å². The van der Waals surface area contributed by atoms with Crippen molar-refractivity contribution in [3.8, 4) is 0 Å². The van der Waals surface area contributed by atoms with Crippen LogP contribution in [0.1, 0.15) is 16.7 Å². The van der Waals surface area contributed by atoms with Gasteiger partial charge in [-0.3, -0.25) is 4.90 Å². The Kier molecular flexibility index (Phi) is 4.51. The van der Waals surface area contributed by atoms with Crippen molar-refractivity contribution in [2.24, 2.45) is 0 Å². The molecule has 0 spiro atoms. The van der Waals surface area contributed by atoms with Crippen molar-refractivity contribution in [1.29, 1.82) is 0 Å². The Morgan fingerprint density at radius 3 is 2.85 bits per heavy atom. The molecule has 2 nitrogen and oxygen atoms in total. The first kappa shape index (κ1) is 13.8. The van der Waals surface area contributed by atoms with E-state index in [1.165, 1.54) is 16.7 Å². The summed E-state index contributed by atoms with van der Waals surface area (Å²) in [6.45, 7) is 6.71. The van der Waals surface area contributed by atoms with Crippen LogP contribution in [-0.2, 0) is 13.0 Å². The van der Waals surface area contributed by atoms with Gasteiger partial charge in [-0.2, -0.15) is 11.3 Å². The van der Waals surface area contributed by atoms with E-state index >= 15 is 0 Å². The minimum atomic E-state index is 0.574. The first-order valence-corrected chi connectivity index (χ1v) is 8.27. The lowest BCUT2D eigenvalue weighted by molar-refractivity contribution is 0.191. The summed E-state index contributed by atoms with van der Waals surface area (Å²) >= 11 is 1.82. The number of hydrogen-bond acceptors (Lipinski definition) is 3. The summed E-state index contributed by atoms with van der Waals surface area (Å²) in [6, 6.07) is 11.4. The van der Waals surface area contributed by atoms with E-state index in [9.17, 15) is 0 Å². The molecule has 0 amide bonds. The maximum absolute atomic E-state index is 3.65. The summed E-state index contributed by atoms with van der Waals surface area (Å²) in [5, 5.41) is 8.20. The molecule has 1 aromatic heterocycles. The van der Waals surface area contributed by atoms with Crippen molar-refractivity contribution < 1.29 is 0 Å². The van der Waals surface area contributed by atoms with Gasteiger partial charge < -0.3 is 5.32 Å². The molecule has 2 heterocycles. The lowest BCUT2D eigenvalue weighted by atomic mass is 10.0. The van der Waals surface area contributed by atoms with Gasteiger partial charge in [0.25, 0.3) is 0 Å². The number of hydrogen-bond donors (Lipinski definition) is 1. The summed E-state index contributed by atoms with van der Waals surface area (Å²) in [6.07, 6.45) is 1.12. The average molecular weight is 286 g/mol. The zero-order valence-corrected chi connectivity index (χ0v) is 12.8. The van der Waals surface area contributed by atoms with E-state index < -0.39 is 0 Å². The van der Waals surface area contributed by atoms with E-state index in [4.69, 9.17) is 0 Å². The second-order valence-electron chi connectivity index (χ2n) is 5.66. The number of piperazine rings is 1. The van der Waals surface area contributed by atoms with Crippen LogP contribution in [0.4, 0.5) is 0 Å². The van der Waals surface area contributed by atoms with Crippen LogP contribution in [0.25, 0.3) is 0 Å². The number of nitrogens with zero attached hydrogens (tertiary/aromatic N) is 1. The van der Waals surface area contributed by atoms with Gasteiger partial charge in [-0.1, -0.05) is 30.3 Å². The van der Waals surface area contributed by atoms with Gasteiger partial charge in [-0.15, -0.1) is 0 Å². The second-order valence-corrected chi connectivity index (χ2v) is 6.40. The van der Waals surface area contributed by atoms with E-state index in [2.05, 4.69) is 58.2 Å². The lowest BCUT2D eigenvalue weighted by Gasteiger charge is -2.33. The van der Waals surface area contributed by atoms with Gasteiger partial charge in [-0.25, -0.2) is 0 Å². The number of benzene rings is 1. The number of aryl methyl sites for hydroxylation is 1. The Bertz CT molecular complexity index is 535. The standard InChI is InChI=1S/C17H22N2S/c1-14-12-20-13-16(14)10-19-8-7-18-17(11-19)9-15-5-3-2-4-6-15/h2-6,12-13,17-18H,7-11H2,1H3. The highest BCUT2D eigenvalue weighted by molar-refractivity contribution is 7.08. The molecule has 1 aliphatic heterocycles. The summed E-state index contributed by atoms with van der Waals surface area (Å²) in [7, 11) is 0. The molecule has 1 N–H and O–H groups in total. The first-order valence-electron chi connectivity index (χ1n) is 7.32. The van der Waals surface area contributed by atoms with E-state index in [-0.39, 0.29) is 0 Å². The van der Waals surface area contributed by atoms with Gasteiger partial charge in [-0.05, 0) is 40.8 Å². The second kappa shape index (κ2) is 6.53. The Labute approximate surface area is 125 Å². The van der Waals surface area contributed by atoms with E-state index in [0.717, 1.165) is 32.6 Å². The van der Waals surface area contributed by atoms with E-state index in [1.54, 1.807) is 0 Å². The smallest absolute Gasteiger partial charge is 0.0245 e. The van der Waals surface area contributed by atoms with Crippen molar-refractivity contribution in [2.75, 3.05) is 19.6 Å². The highest BCUT2D eigenvalue weighted by atomic mass is 32.1. The fraction of sp³-hybridized carbons (Fsp3) is 0.412. The zero-order chi connectivity index (χ0) is 13.8. The Morgan fingerprint density at radius 2 is 2.10 bits per heavy atom. The number of rotatable bonds is 4. The third-order valence-corrected chi connectivity index (χ3v) is 4.93. The quantitative estimate of drug-likeness (QED) is 0.929. The maximum Gasteiger partial charge on any atom is 0.0245 e. The van der Waals surface area contributed by atoms with E-state index in [0.29, 0.717) is 6.04 Å². The fourth-order valence-corrected chi connectivity index (χ4v) is 3.71. The van der Waals surface area contributed by atoms with Crippen LogP contribution in [0.2, 0.25) is 0 Å². The van der Waals surface area contributed by atoms with Gasteiger partial charge in [0.2, 0.25) is 0 Å². The molecular formula is C17H22N2S. The van der Waals surface area contributed by atoms with E-state index in [1.807, 2.05) is 11.3 Å². The molecule has 0 bridgehead atoms. The van der Waals surface area contributed by atoms with Gasteiger partial charge in [0.15, 0.2) is 0 Å². The summed E-state index contributed by atoms with van der Waals surface area (Å²) < 4.78 is 0. The van der Waals surface area contributed by atoms with Crippen LogP contribution in [0.5, 0.6) is 0 Å². The molecule has 1 atom stereocenters. The van der Waals surface area contributed by atoms with Crippen molar-refractivity contribution >= 4 is 11.3 Å². The van der Waals surface area contributed by atoms with Gasteiger partial charge in [0.1, 0.15) is 0 Å². The van der Waals surface area contributed by atoms with Crippen LogP contribution >= 0.6 is 11.3 Å². The molecule has 1 fully saturated rings. The molecule has 3 heteroatoms. The van der Waals surface area contributed by atoms with Crippen molar-refractivity contribution in [1.82, 2.24) is 10.2 Å². The Balaban J connectivity index is 1.58. The van der Waals surface area contributed by atoms with Crippen LogP contribution in [0, 0.1) is 6.92 Å². The van der Waals surface area contributed by atoms with Crippen LogP contribution in [-0.4, -0.2) is 30.6 Å². The normalized spacial score (nSPS) is 20.1. The minimum absolute atomic E-state index is 0.574. The molecule has 106 valence electrons. The number of thiophene rings is 1. The highest BCUT2D eigenvalue weighted by Gasteiger charge is 2.20. The Hall–Kier alpha value is -1.16. The van der Waals surface area contributed by atoms with Crippen molar-refractivity contribution in [3.05, 3.63) is 57.8 Å². The Morgan fingerprint density at radius 1 is 1.25 bits per heavy atom. The lowest BCUT2D eigenvalue weighted by Crippen LogP contribution is -2.51. The summed E-state index contributed by atoms with van der Waals surface area (Å²) in [5.74, 6) is 0. The molecule has 1 aromatic carbocycles.